The van der Waals surface area contributed by atoms with Gasteiger partial charge in [-0.3, -0.25) is 0 Å². The number of phenolic OH excluding ortho intramolecular Hbond substituents is 1. The molecule has 0 spiro atoms. The lowest BCUT2D eigenvalue weighted by atomic mass is 9.95. The van der Waals surface area contributed by atoms with Crippen molar-refractivity contribution in [2.75, 3.05) is 20.3 Å². The summed E-state index contributed by atoms with van der Waals surface area (Å²) < 4.78 is 10.6. The average Bonchev–Trinajstić information content (AvgIpc) is 2.54. The normalized spacial score (nSPS) is 17.6. The molecular formula is C17H22N2O4S. The van der Waals surface area contributed by atoms with Gasteiger partial charge in [0.05, 0.1) is 24.8 Å². The van der Waals surface area contributed by atoms with Crippen molar-refractivity contribution in [3.8, 4) is 11.5 Å². The maximum absolute atomic E-state index is 12.5. The van der Waals surface area contributed by atoms with Crippen LogP contribution >= 0.6 is 12.2 Å². The predicted octanol–water partition coefficient (Wildman–Crippen LogP) is 2.49. The molecule has 0 saturated carbocycles. The van der Waals surface area contributed by atoms with Crippen LogP contribution in [0.15, 0.2) is 29.5 Å². The van der Waals surface area contributed by atoms with Crippen LogP contribution in [0.25, 0.3) is 0 Å². The van der Waals surface area contributed by atoms with E-state index in [2.05, 4.69) is 5.32 Å². The smallest absolute Gasteiger partial charge is 0.338 e. The Kier molecular flexibility index (Phi) is 5.66. The first-order valence-electron chi connectivity index (χ1n) is 7.78. The van der Waals surface area contributed by atoms with Crippen LogP contribution in [0.1, 0.15) is 32.4 Å². The highest BCUT2D eigenvalue weighted by Gasteiger charge is 2.33. The Hall–Kier alpha value is -2.28. The Morgan fingerprint density at radius 2 is 2.08 bits per heavy atom. The van der Waals surface area contributed by atoms with Crippen molar-refractivity contribution in [2.45, 2.75) is 26.8 Å². The lowest BCUT2D eigenvalue weighted by Gasteiger charge is -2.35. The molecule has 7 heteroatoms. The molecule has 2 rings (SSSR count). The van der Waals surface area contributed by atoms with Crippen LogP contribution in [0.3, 0.4) is 0 Å². The monoisotopic (exact) mass is 350 g/mol. The molecule has 2 N–H and O–H groups in total. The van der Waals surface area contributed by atoms with Crippen LogP contribution < -0.4 is 10.1 Å². The van der Waals surface area contributed by atoms with Crippen LogP contribution in [-0.4, -0.2) is 41.3 Å². The van der Waals surface area contributed by atoms with E-state index in [1.165, 1.54) is 0 Å². The predicted molar refractivity (Wildman–Crippen MR) is 94.8 cm³/mol. The van der Waals surface area contributed by atoms with E-state index in [0.29, 0.717) is 23.0 Å². The number of thiocarbonyl (C=S) groups is 1. The Morgan fingerprint density at radius 3 is 2.71 bits per heavy atom. The zero-order chi connectivity index (χ0) is 17.9. The summed E-state index contributed by atoms with van der Waals surface area (Å²) in [6, 6.07) is 4.52. The zero-order valence-electron chi connectivity index (χ0n) is 14.3. The Labute approximate surface area is 147 Å². The number of phenols is 1. The molecule has 0 unspecified atom stereocenters. The number of hydrogen-bond acceptors (Lipinski definition) is 5. The molecule has 1 atom stereocenters. The van der Waals surface area contributed by atoms with Crippen molar-refractivity contribution >= 4 is 23.3 Å². The van der Waals surface area contributed by atoms with Crippen molar-refractivity contribution < 1.29 is 19.4 Å². The number of carbonyl (C=O) groups is 1. The molecule has 24 heavy (non-hydrogen) atoms. The van der Waals surface area contributed by atoms with Crippen LogP contribution in [0.4, 0.5) is 0 Å². The maximum atomic E-state index is 12.5. The molecule has 0 aromatic heterocycles. The van der Waals surface area contributed by atoms with E-state index < -0.39 is 12.0 Å². The minimum absolute atomic E-state index is 0.0505. The highest BCUT2D eigenvalue weighted by atomic mass is 32.1. The summed E-state index contributed by atoms with van der Waals surface area (Å²) in [5.41, 5.74) is 1.98. The molecule has 1 aromatic rings. The van der Waals surface area contributed by atoms with Crippen LogP contribution in [0.5, 0.6) is 11.5 Å². The fraction of sp³-hybridized carbons (Fsp3) is 0.412. The van der Waals surface area contributed by atoms with Crippen LogP contribution in [-0.2, 0) is 9.53 Å². The summed E-state index contributed by atoms with van der Waals surface area (Å²) in [5, 5.41) is 13.5. The molecule has 0 amide bonds. The largest absolute Gasteiger partial charge is 0.504 e. The lowest BCUT2D eigenvalue weighted by molar-refractivity contribution is -0.139. The van der Waals surface area contributed by atoms with Crippen LogP contribution in [0, 0.1) is 0 Å². The summed E-state index contributed by atoms with van der Waals surface area (Å²) in [7, 11) is 1.79. The van der Waals surface area contributed by atoms with Crippen molar-refractivity contribution in [1.82, 2.24) is 10.2 Å². The van der Waals surface area contributed by atoms with Crippen molar-refractivity contribution in [1.29, 1.82) is 0 Å². The fourth-order valence-corrected chi connectivity index (χ4v) is 2.79. The van der Waals surface area contributed by atoms with Gasteiger partial charge in [0.25, 0.3) is 0 Å². The third-order valence-corrected chi connectivity index (χ3v) is 4.26. The second-order valence-corrected chi connectivity index (χ2v) is 5.71. The standard InChI is InChI=1S/C17H22N2O4S/c1-5-22-13-9-11(7-8-12(13)20)15-14(16(21)23-6-2)10(3)19(4)17(24)18-15/h7-9,15,20H,5-6H2,1-4H3,(H,18,24)/t15-/m1/s1. The number of nitrogens with zero attached hydrogens (tertiary/aromatic N) is 1. The molecule has 1 aliphatic rings. The molecule has 0 aliphatic carbocycles. The minimum atomic E-state index is -0.465. The molecule has 6 nitrogen and oxygen atoms in total. The molecule has 0 saturated heterocycles. The van der Waals surface area contributed by atoms with E-state index in [4.69, 9.17) is 21.7 Å². The van der Waals surface area contributed by atoms with Gasteiger partial charge >= 0.3 is 5.97 Å². The van der Waals surface area contributed by atoms with Crippen molar-refractivity contribution in [3.05, 3.63) is 35.0 Å². The number of ether oxygens (including phenoxy) is 2. The van der Waals surface area contributed by atoms with E-state index >= 15 is 0 Å². The first kappa shape index (κ1) is 18.1. The van der Waals surface area contributed by atoms with Crippen molar-refractivity contribution in [2.24, 2.45) is 0 Å². The number of aromatic hydroxyl groups is 1. The zero-order valence-corrected chi connectivity index (χ0v) is 15.1. The third kappa shape index (κ3) is 3.46. The summed E-state index contributed by atoms with van der Waals surface area (Å²) in [4.78, 5) is 14.2. The molecule has 1 heterocycles. The first-order valence-corrected chi connectivity index (χ1v) is 8.19. The molecule has 1 aromatic carbocycles. The van der Waals surface area contributed by atoms with Crippen LogP contribution in [0.2, 0.25) is 0 Å². The van der Waals surface area contributed by atoms with Gasteiger partial charge in [-0.25, -0.2) is 4.79 Å². The topological polar surface area (TPSA) is 71.0 Å². The molecule has 0 fully saturated rings. The van der Waals surface area contributed by atoms with Gasteiger partial charge in [0, 0.05) is 12.7 Å². The number of allylic oxidation sites excluding steroid dienone is 1. The maximum Gasteiger partial charge on any atom is 0.338 e. The summed E-state index contributed by atoms with van der Waals surface area (Å²) in [6.07, 6.45) is 0. The molecular weight excluding hydrogens is 328 g/mol. The van der Waals surface area contributed by atoms with Gasteiger partial charge in [0.2, 0.25) is 0 Å². The summed E-state index contributed by atoms with van der Waals surface area (Å²) in [6.45, 7) is 6.15. The Bertz CT molecular complexity index is 687. The molecule has 130 valence electrons. The fourth-order valence-electron chi connectivity index (χ4n) is 2.54. The lowest BCUT2D eigenvalue weighted by Crippen LogP contribution is -2.46. The minimum Gasteiger partial charge on any atom is -0.504 e. The Balaban J connectivity index is 2.51. The third-order valence-electron chi connectivity index (χ3n) is 3.87. The second kappa shape index (κ2) is 7.53. The summed E-state index contributed by atoms with van der Waals surface area (Å²) >= 11 is 5.34. The van der Waals surface area contributed by atoms with Gasteiger partial charge in [0.1, 0.15) is 0 Å². The number of benzene rings is 1. The highest BCUT2D eigenvalue weighted by molar-refractivity contribution is 7.80. The van der Waals surface area contributed by atoms with E-state index in [-0.39, 0.29) is 12.4 Å². The summed E-state index contributed by atoms with van der Waals surface area (Å²) in [5.74, 6) is 0.0184. The molecule has 0 bridgehead atoms. The first-order chi connectivity index (χ1) is 11.4. The van der Waals surface area contributed by atoms with Gasteiger partial charge in [-0.15, -0.1) is 0 Å². The highest BCUT2D eigenvalue weighted by Crippen LogP contribution is 2.35. The van der Waals surface area contributed by atoms with E-state index in [9.17, 15) is 9.90 Å². The van der Waals surface area contributed by atoms with E-state index in [1.54, 1.807) is 37.1 Å². The SMILES string of the molecule is CCOC(=O)C1=C(C)N(C)C(=S)N[C@@H]1c1ccc(O)c(OCC)c1. The van der Waals surface area contributed by atoms with Gasteiger partial charge < -0.3 is 24.8 Å². The van der Waals surface area contributed by atoms with Gasteiger partial charge in [-0.1, -0.05) is 6.07 Å². The number of hydrogen-bond donors (Lipinski definition) is 2. The van der Waals surface area contributed by atoms with Crippen molar-refractivity contribution in [3.63, 3.8) is 0 Å². The quantitative estimate of drug-likeness (QED) is 0.624. The van der Waals surface area contributed by atoms with Gasteiger partial charge in [0.15, 0.2) is 16.6 Å². The molecule has 1 aliphatic heterocycles. The average molecular weight is 350 g/mol. The number of esters is 1. The van der Waals surface area contributed by atoms with E-state index in [1.807, 2.05) is 13.8 Å². The molecule has 0 radical (unpaired) electrons. The van der Waals surface area contributed by atoms with E-state index in [0.717, 1.165) is 11.3 Å². The van der Waals surface area contributed by atoms with Gasteiger partial charge in [-0.05, 0) is 50.7 Å². The number of carbonyl (C=O) groups excluding carboxylic acids is 1. The second-order valence-electron chi connectivity index (χ2n) is 5.32. The Morgan fingerprint density at radius 1 is 1.38 bits per heavy atom. The van der Waals surface area contributed by atoms with Gasteiger partial charge in [-0.2, -0.15) is 0 Å². The number of rotatable bonds is 5. The number of nitrogens with one attached hydrogen (secondary N) is 1.